The fourth-order valence-corrected chi connectivity index (χ4v) is 6.26. The quantitative estimate of drug-likeness (QED) is 0.298. The first-order valence-corrected chi connectivity index (χ1v) is 14.4. The Bertz CT molecular complexity index is 850. The summed E-state index contributed by atoms with van der Waals surface area (Å²) in [6.07, 6.45) is -6.65. The predicted octanol–water partition coefficient (Wildman–Crippen LogP) is 1.19. The minimum atomic E-state index is -1.86. The number of Topliss-reactive ketones (excluding diaryl/α,β-unsaturated/α-hetero) is 1. The topological polar surface area (TPSA) is 172 Å². The smallest absolute Gasteiger partial charge is 0.311 e. The number of rotatable bonds is 5. The van der Waals surface area contributed by atoms with Crippen LogP contribution >= 0.6 is 0 Å². The number of aliphatic hydroxyl groups is 5. The average molecular weight is 577 g/mol. The van der Waals surface area contributed by atoms with Crippen molar-refractivity contribution in [2.75, 3.05) is 13.7 Å². The molecule has 0 bridgehead atoms. The minimum absolute atomic E-state index is 0.131. The van der Waals surface area contributed by atoms with Gasteiger partial charge in [-0.1, -0.05) is 27.7 Å². The maximum absolute atomic E-state index is 13.5. The molecule has 2 rings (SSSR count). The number of methoxy groups -OCH3 is 1. The summed E-state index contributed by atoms with van der Waals surface area (Å²) in [5, 5.41) is 54.4. The molecule has 0 radical (unpaired) electrons. The Kier molecular flexibility index (Phi) is 12.1. The zero-order chi connectivity index (χ0) is 30.7. The largest absolute Gasteiger partial charge is 0.462 e. The molecule has 0 aromatic carbocycles. The molecule has 2 saturated heterocycles. The Morgan fingerprint density at radius 3 is 2.08 bits per heavy atom. The summed E-state index contributed by atoms with van der Waals surface area (Å²) in [5.74, 6) is -5.43. The summed E-state index contributed by atoms with van der Waals surface area (Å²) < 4.78 is 23.6. The third-order valence-corrected chi connectivity index (χ3v) is 9.34. The molecule has 2 aliphatic rings. The van der Waals surface area contributed by atoms with Gasteiger partial charge in [0.05, 0.1) is 48.1 Å². The summed E-state index contributed by atoms with van der Waals surface area (Å²) in [6, 6.07) is 0. The number of ketones is 1. The predicted molar refractivity (Wildman–Crippen MR) is 145 cm³/mol. The lowest BCUT2D eigenvalue weighted by molar-refractivity contribution is -0.299. The van der Waals surface area contributed by atoms with E-state index in [2.05, 4.69) is 0 Å². The molecule has 0 spiro atoms. The van der Waals surface area contributed by atoms with Crippen molar-refractivity contribution in [1.29, 1.82) is 0 Å². The first kappa shape index (κ1) is 35.0. The number of ether oxygens (including phenoxy) is 4. The van der Waals surface area contributed by atoms with Crippen molar-refractivity contribution in [2.45, 2.75) is 129 Å². The number of carbonyl (C=O) groups is 2. The monoisotopic (exact) mass is 576 g/mol. The van der Waals surface area contributed by atoms with Gasteiger partial charge in [0.2, 0.25) is 0 Å². The highest BCUT2D eigenvalue weighted by Crippen LogP contribution is 2.38. The fourth-order valence-electron chi connectivity index (χ4n) is 6.26. The maximum Gasteiger partial charge on any atom is 0.311 e. The van der Waals surface area contributed by atoms with E-state index in [-0.39, 0.29) is 12.8 Å². The molecule has 5 N–H and O–H groups in total. The Balaban J connectivity index is 2.53. The van der Waals surface area contributed by atoms with Crippen LogP contribution in [-0.2, 0) is 28.5 Å². The van der Waals surface area contributed by atoms with Gasteiger partial charge in [0.15, 0.2) is 6.29 Å². The lowest BCUT2D eigenvalue weighted by atomic mass is 9.74. The molecule has 2 aliphatic heterocycles. The minimum Gasteiger partial charge on any atom is -0.462 e. The molecule has 0 aromatic rings. The SMILES string of the molecule is CC[C@H]1OC(=O)[C@H](C)[C@@H](O[C@H]2C[C@@](C)(OC)[C@@H](O)[C@H](C)O2)[C@H](C)[C@@H](O)[C@](C)(O)C[C@@H](CO)C(=O)[C@H](C)[C@@H](O)[C@H]1C. The van der Waals surface area contributed by atoms with Crippen LogP contribution in [0, 0.1) is 29.6 Å². The third-order valence-electron chi connectivity index (χ3n) is 9.34. The highest BCUT2D eigenvalue weighted by Gasteiger charge is 2.50. The van der Waals surface area contributed by atoms with Crippen molar-refractivity contribution in [3.05, 3.63) is 0 Å². The van der Waals surface area contributed by atoms with Crippen molar-refractivity contribution in [2.24, 2.45) is 29.6 Å². The van der Waals surface area contributed by atoms with Gasteiger partial charge < -0.3 is 44.5 Å². The van der Waals surface area contributed by atoms with Crippen molar-refractivity contribution in [3.63, 3.8) is 0 Å². The maximum atomic E-state index is 13.5. The Hall–Kier alpha value is -1.18. The van der Waals surface area contributed by atoms with Crippen molar-refractivity contribution in [1.82, 2.24) is 0 Å². The second-order valence-electron chi connectivity index (χ2n) is 12.5. The number of carbonyl (C=O) groups excluding carboxylic acids is 2. The van der Waals surface area contributed by atoms with Gasteiger partial charge in [0.25, 0.3) is 0 Å². The van der Waals surface area contributed by atoms with Crippen LogP contribution in [0.4, 0.5) is 0 Å². The highest BCUT2D eigenvalue weighted by molar-refractivity contribution is 5.84. The van der Waals surface area contributed by atoms with Crippen LogP contribution in [-0.4, -0.2) is 105 Å². The first-order chi connectivity index (χ1) is 18.4. The van der Waals surface area contributed by atoms with Crippen LogP contribution in [0.1, 0.15) is 74.7 Å². The normalized spacial score (nSPS) is 48.4. The average Bonchev–Trinajstić information content (AvgIpc) is 2.92. The van der Waals surface area contributed by atoms with Gasteiger partial charge in [0, 0.05) is 37.2 Å². The molecule has 0 amide bonds. The molecule has 11 nitrogen and oxygen atoms in total. The lowest BCUT2D eigenvalue weighted by Gasteiger charge is -2.46. The van der Waals surface area contributed by atoms with E-state index in [1.807, 2.05) is 6.92 Å². The number of hydrogen-bond acceptors (Lipinski definition) is 11. The first-order valence-electron chi connectivity index (χ1n) is 14.4. The Labute approximate surface area is 238 Å². The van der Waals surface area contributed by atoms with Gasteiger partial charge in [-0.25, -0.2) is 0 Å². The summed E-state index contributed by atoms with van der Waals surface area (Å²) in [6.45, 7) is 12.5. The lowest BCUT2D eigenvalue weighted by Crippen LogP contribution is -2.58. The van der Waals surface area contributed by atoms with E-state index in [9.17, 15) is 35.1 Å². The number of esters is 1. The second-order valence-corrected chi connectivity index (χ2v) is 12.5. The highest BCUT2D eigenvalue weighted by atomic mass is 16.7. The molecule has 0 unspecified atom stereocenters. The standard InChI is InChI=1S/C29H52O11/c1-10-20-14(2)22(31)15(3)23(32)19(13-30)11-28(7,36)25(33)16(4)24(17(5)27(35)39-20)40-21-12-29(8,37-9)26(34)18(6)38-21/h14-22,24-26,30-31,33-34,36H,10-13H2,1-9H3/t14-,15+,16-,17+,18-,19-,20+,21-,22-,24-,25+,26-,28+,29+/m0/s1. The molecule has 14 atom stereocenters. The molecule has 2 fully saturated rings. The number of aliphatic hydroxyl groups excluding tert-OH is 4. The van der Waals surface area contributed by atoms with Crippen LogP contribution in [0.15, 0.2) is 0 Å². The van der Waals surface area contributed by atoms with Crippen LogP contribution in [0.2, 0.25) is 0 Å². The van der Waals surface area contributed by atoms with Gasteiger partial charge in [-0.05, 0) is 40.5 Å². The van der Waals surface area contributed by atoms with E-state index in [4.69, 9.17) is 18.9 Å². The van der Waals surface area contributed by atoms with Crippen molar-refractivity contribution in [3.8, 4) is 0 Å². The van der Waals surface area contributed by atoms with Crippen LogP contribution in [0.25, 0.3) is 0 Å². The summed E-state index contributed by atoms with van der Waals surface area (Å²) >= 11 is 0. The molecule has 0 saturated carbocycles. The zero-order valence-corrected chi connectivity index (χ0v) is 25.4. The van der Waals surface area contributed by atoms with Crippen LogP contribution < -0.4 is 0 Å². The van der Waals surface area contributed by atoms with E-state index in [1.54, 1.807) is 41.5 Å². The molecular formula is C29H52O11. The van der Waals surface area contributed by atoms with E-state index in [1.165, 1.54) is 14.0 Å². The van der Waals surface area contributed by atoms with Gasteiger partial charge >= 0.3 is 5.97 Å². The van der Waals surface area contributed by atoms with E-state index in [0.717, 1.165) is 0 Å². The Morgan fingerprint density at radius 2 is 1.55 bits per heavy atom. The van der Waals surface area contributed by atoms with Gasteiger partial charge in [-0.2, -0.15) is 0 Å². The van der Waals surface area contributed by atoms with E-state index < -0.39 is 102 Å². The van der Waals surface area contributed by atoms with Crippen LogP contribution in [0.3, 0.4) is 0 Å². The summed E-state index contributed by atoms with van der Waals surface area (Å²) in [7, 11) is 1.48. The molecule has 2 heterocycles. The number of cyclic esters (lactones) is 1. The molecule has 0 aliphatic carbocycles. The van der Waals surface area contributed by atoms with E-state index >= 15 is 0 Å². The Morgan fingerprint density at radius 1 is 0.950 bits per heavy atom. The van der Waals surface area contributed by atoms with Gasteiger partial charge in [0.1, 0.15) is 18.0 Å². The zero-order valence-electron chi connectivity index (χ0n) is 25.4. The molecular weight excluding hydrogens is 524 g/mol. The summed E-state index contributed by atoms with van der Waals surface area (Å²) in [5.41, 5.74) is -2.86. The fraction of sp³-hybridized carbons (Fsp3) is 0.931. The molecule has 11 heteroatoms. The molecule has 40 heavy (non-hydrogen) atoms. The third kappa shape index (κ3) is 7.42. The van der Waals surface area contributed by atoms with Gasteiger partial charge in [-0.3, -0.25) is 9.59 Å². The van der Waals surface area contributed by atoms with Crippen LogP contribution in [0.5, 0.6) is 0 Å². The van der Waals surface area contributed by atoms with E-state index in [0.29, 0.717) is 6.42 Å². The van der Waals surface area contributed by atoms with Crippen molar-refractivity contribution < 1.29 is 54.1 Å². The second kappa shape index (κ2) is 13.9. The number of hydrogen-bond donors (Lipinski definition) is 5. The van der Waals surface area contributed by atoms with Crippen molar-refractivity contribution >= 4 is 11.8 Å². The molecule has 234 valence electrons. The molecule has 0 aromatic heterocycles. The summed E-state index contributed by atoms with van der Waals surface area (Å²) in [4.78, 5) is 26.8. The van der Waals surface area contributed by atoms with Gasteiger partial charge in [-0.15, -0.1) is 0 Å².